The molecule has 1 fully saturated rings. The number of benzene rings is 1. The number of carbonyl (C=O) groups is 2. The summed E-state index contributed by atoms with van der Waals surface area (Å²) in [6.45, 7) is 1.22. The molecule has 0 spiro atoms. The van der Waals surface area contributed by atoms with Crippen molar-refractivity contribution in [3.05, 3.63) is 53.6 Å². The van der Waals surface area contributed by atoms with Gasteiger partial charge in [-0.2, -0.15) is 5.10 Å². The Morgan fingerprint density at radius 2 is 2.11 bits per heavy atom. The van der Waals surface area contributed by atoms with Crippen LogP contribution < -0.4 is 10.6 Å². The number of nitrogens with one attached hydrogen (secondary N) is 2. The van der Waals surface area contributed by atoms with Crippen molar-refractivity contribution in [2.45, 2.75) is 18.4 Å². The summed E-state index contributed by atoms with van der Waals surface area (Å²) in [5.41, 5.74) is 1.65. The summed E-state index contributed by atoms with van der Waals surface area (Å²) in [6, 6.07) is 5.16. The minimum atomic E-state index is -0.583. The summed E-state index contributed by atoms with van der Waals surface area (Å²) < 4.78 is 19.7. The fourth-order valence-corrected chi connectivity index (χ4v) is 3.41. The first kappa shape index (κ1) is 19.0. The zero-order valence-electron chi connectivity index (χ0n) is 15.3. The summed E-state index contributed by atoms with van der Waals surface area (Å²) in [7, 11) is 3.13. The molecule has 3 atom stereocenters. The minimum Gasteiger partial charge on any atom is -0.469 e. The number of hydrogen-bond donors (Lipinski definition) is 2. The molecule has 0 saturated carbocycles. The predicted octanol–water partition coefficient (Wildman–Crippen LogP) is 1.28. The van der Waals surface area contributed by atoms with E-state index in [0.717, 1.165) is 5.56 Å². The molecule has 0 radical (unpaired) electrons. The highest BCUT2D eigenvalue weighted by atomic mass is 19.1. The Balaban J connectivity index is 1.76. The molecule has 27 heavy (non-hydrogen) atoms. The molecule has 144 valence electrons. The van der Waals surface area contributed by atoms with Crippen LogP contribution >= 0.6 is 0 Å². The van der Waals surface area contributed by atoms with Gasteiger partial charge in [0, 0.05) is 32.3 Å². The Morgan fingerprint density at radius 3 is 2.74 bits per heavy atom. The molecule has 0 aliphatic carbocycles. The Labute approximate surface area is 156 Å². The largest absolute Gasteiger partial charge is 0.469 e. The van der Waals surface area contributed by atoms with E-state index in [1.165, 1.54) is 19.2 Å². The summed E-state index contributed by atoms with van der Waals surface area (Å²) in [5, 5.41) is 10.4. The summed E-state index contributed by atoms with van der Waals surface area (Å²) in [6.07, 6.45) is 3.65. The average Bonchev–Trinajstić information content (AvgIpc) is 3.30. The summed E-state index contributed by atoms with van der Waals surface area (Å²) in [5.74, 6) is -1.26. The maximum atomic E-state index is 13.2. The van der Waals surface area contributed by atoms with E-state index < -0.39 is 12.0 Å². The molecular weight excluding hydrogens is 351 g/mol. The zero-order valence-corrected chi connectivity index (χ0v) is 15.3. The number of carbonyl (C=O) groups excluding carboxylic acids is 2. The van der Waals surface area contributed by atoms with Gasteiger partial charge >= 0.3 is 5.97 Å². The number of rotatable bonds is 6. The molecule has 3 rings (SSSR count). The van der Waals surface area contributed by atoms with Crippen molar-refractivity contribution in [2.75, 3.05) is 20.2 Å². The molecule has 0 bridgehead atoms. The van der Waals surface area contributed by atoms with Gasteiger partial charge in [0.1, 0.15) is 5.82 Å². The van der Waals surface area contributed by atoms with Crippen molar-refractivity contribution >= 4 is 11.9 Å². The number of esters is 1. The van der Waals surface area contributed by atoms with Gasteiger partial charge in [-0.1, -0.05) is 12.1 Å². The topological polar surface area (TPSA) is 85.2 Å². The lowest BCUT2D eigenvalue weighted by Gasteiger charge is -2.23. The van der Waals surface area contributed by atoms with Crippen molar-refractivity contribution in [3.8, 4) is 0 Å². The lowest BCUT2D eigenvalue weighted by atomic mass is 9.89. The van der Waals surface area contributed by atoms with Gasteiger partial charge in [-0.15, -0.1) is 0 Å². The third kappa shape index (κ3) is 4.51. The van der Waals surface area contributed by atoms with Crippen LogP contribution in [0.25, 0.3) is 0 Å². The molecule has 8 heteroatoms. The van der Waals surface area contributed by atoms with Gasteiger partial charge in [-0.25, -0.2) is 4.39 Å². The lowest BCUT2D eigenvalue weighted by Crippen LogP contribution is -2.37. The van der Waals surface area contributed by atoms with E-state index >= 15 is 0 Å². The van der Waals surface area contributed by atoms with Crippen molar-refractivity contribution < 1.29 is 18.7 Å². The van der Waals surface area contributed by atoms with Gasteiger partial charge in [0.05, 0.1) is 31.7 Å². The monoisotopic (exact) mass is 374 g/mol. The van der Waals surface area contributed by atoms with Crippen molar-refractivity contribution in [1.82, 2.24) is 20.4 Å². The lowest BCUT2D eigenvalue weighted by molar-refractivity contribution is -0.141. The van der Waals surface area contributed by atoms with Crippen molar-refractivity contribution in [3.63, 3.8) is 0 Å². The van der Waals surface area contributed by atoms with Crippen LogP contribution in [0.2, 0.25) is 0 Å². The van der Waals surface area contributed by atoms with Crippen LogP contribution in [-0.2, 0) is 21.4 Å². The molecule has 1 aromatic heterocycles. The van der Waals surface area contributed by atoms with Crippen LogP contribution in [0.15, 0.2) is 36.7 Å². The molecule has 2 N–H and O–H groups in total. The standard InChI is InChI=1S/C19H23FN4O3/c1-24-11-13(8-22-24)15-9-21-10-16(15)19(26)23-17(7-18(25)27-2)12-3-5-14(20)6-4-12/h3-6,8,11,15-17,21H,7,9-10H2,1-2H3,(H,23,26)/t15-,16+,17?/m1/s1. The fraction of sp³-hybridized carbons (Fsp3) is 0.421. The zero-order chi connectivity index (χ0) is 19.4. The molecule has 1 saturated heterocycles. The van der Waals surface area contributed by atoms with Crippen LogP contribution in [0.4, 0.5) is 4.39 Å². The number of halogens is 1. The van der Waals surface area contributed by atoms with Crippen LogP contribution in [0, 0.1) is 11.7 Å². The number of methoxy groups -OCH3 is 1. The first-order valence-electron chi connectivity index (χ1n) is 8.80. The van der Waals surface area contributed by atoms with Gasteiger partial charge in [0.15, 0.2) is 0 Å². The highest BCUT2D eigenvalue weighted by Gasteiger charge is 2.36. The third-order valence-corrected chi connectivity index (χ3v) is 4.89. The highest BCUT2D eigenvalue weighted by molar-refractivity contribution is 5.82. The molecule has 2 aromatic rings. The Kier molecular flexibility index (Phi) is 5.85. The van der Waals surface area contributed by atoms with E-state index in [2.05, 4.69) is 15.7 Å². The number of nitrogens with zero attached hydrogens (tertiary/aromatic N) is 2. The second-order valence-corrected chi connectivity index (χ2v) is 6.71. The first-order valence-corrected chi connectivity index (χ1v) is 8.80. The molecule has 1 aliphatic rings. The highest BCUT2D eigenvalue weighted by Crippen LogP contribution is 2.29. The quantitative estimate of drug-likeness (QED) is 0.744. The number of hydrogen-bond acceptors (Lipinski definition) is 5. The predicted molar refractivity (Wildman–Crippen MR) is 96.2 cm³/mol. The van der Waals surface area contributed by atoms with Crippen molar-refractivity contribution in [2.24, 2.45) is 13.0 Å². The number of ether oxygens (including phenoxy) is 1. The SMILES string of the molecule is COC(=O)CC(NC(=O)[C@H]1CNC[C@@H]1c1cnn(C)c1)c1ccc(F)cc1. The Hall–Kier alpha value is -2.74. The van der Waals surface area contributed by atoms with E-state index in [0.29, 0.717) is 18.7 Å². The number of aryl methyl sites for hydroxylation is 1. The van der Waals surface area contributed by atoms with E-state index in [9.17, 15) is 14.0 Å². The molecule has 1 unspecified atom stereocenters. The maximum absolute atomic E-state index is 13.2. The molecular formula is C19H23FN4O3. The smallest absolute Gasteiger partial charge is 0.307 e. The molecule has 7 nitrogen and oxygen atoms in total. The van der Waals surface area contributed by atoms with Gasteiger partial charge in [-0.3, -0.25) is 14.3 Å². The van der Waals surface area contributed by atoms with Gasteiger partial charge < -0.3 is 15.4 Å². The van der Waals surface area contributed by atoms with Crippen molar-refractivity contribution in [1.29, 1.82) is 0 Å². The van der Waals surface area contributed by atoms with Crippen LogP contribution in [0.3, 0.4) is 0 Å². The minimum absolute atomic E-state index is 0.00527. The Morgan fingerprint density at radius 1 is 1.37 bits per heavy atom. The number of amides is 1. The van der Waals surface area contributed by atoms with Gasteiger partial charge in [-0.05, 0) is 23.3 Å². The molecule has 2 heterocycles. The van der Waals surface area contributed by atoms with Gasteiger partial charge in [0.25, 0.3) is 0 Å². The number of aromatic nitrogens is 2. The van der Waals surface area contributed by atoms with E-state index in [1.807, 2.05) is 13.2 Å². The summed E-state index contributed by atoms with van der Waals surface area (Å²) >= 11 is 0. The van der Waals surface area contributed by atoms with E-state index in [1.54, 1.807) is 23.0 Å². The van der Waals surface area contributed by atoms with Crippen LogP contribution in [0.1, 0.15) is 29.5 Å². The second-order valence-electron chi connectivity index (χ2n) is 6.71. The maximum Gasteiger partial charge on any atom is 0.307 e. The molecule has 1 aromatic carbocycles. The molecule has 1 amide bonds. The second kappa shape index (κ2) is 8.30. The fourth-order valence-electron chi connectivity index (χ4n) is 3.41. The third-order valence-electron chi connectivity index (χ3n) is 4.89. The summed E-state index contributed by atoms with van der Waals surface area (Å²) in [4.78, 5) is 24.7. The van der Waals surface area contributed by atoms with Crippen LogP contribution in [0.5, 0.6) is 0 Å². The van der Waals surface area contributed by atoms with Crippen LogP contribution in [-0.4, -0.2) is 41.9 Å². The average molecular weight is 374 g/mol. The van der Waals surface area contributed by atoms with Gasteiger partial charge in [0.2, 0.25) is 5.91 Å². The Bertz CT molecular complexity index is 806. The van der Waals surface area contributed by atoms with E-state index in [-0.39, 0.29) is 30.0 Å². The first-order chi connectivity index (χ1) is 13.0. The molecule has 1 aliphatic heterocycles. The normalized spacial score (nSPS) is 20.3. The van der Waals surface area contributed by atoms with E-state index in [4.69, 9.17) is 4.74 Å².